The summed E-state index contributed by atoms with van der Waals surface area (Å²) in [7, 11) is 0. The SMILES string of the molecule is N#Cc1cccc(N=Nc2c(-c3ccc([N+](=O)[O-])cc3)[nH][nH]c2=O)c1. The van der Waals surface area contributed by atoms with Gasteiger partial charge in [-0.15, -0.1) is 5.11 Å². The average Bonchev–Trinajstić information content (AvgIpc) is 3.01. The molecule has 0 atom stereocenters. The highest BCUT2D eigenvalue weighted by Gasteiger charge is 2.13. The van der Waals surface area contributed by atoms with Crippen LogP contribution in [0.4, 0.5) is 17.1 Å². The summed E-state index contributed by atoms with van der Waals surface area (Å²) in [4.78, 5) is 22.1. The van der Waals surface area contributed by atoms with Gasteiger partial charge in [-0.1, -0.05) is 6.07 Å². The van der Waals surface area contributed by atoms with E-state index < -0.39 is 10.5 Å². The number of non-ortho nitro benzene ring substituents is 1. The standard InChI is InChI=1S/C16H10N6O3/c17-9-10-2-1-3-12(8-10)18-20-15-14(19-21-16(15)23)11-4-6-13(7-5-11)22(24)25/h1-8H,(H2,19,21,23). The summed E-state index contributed by atoms with van der Waals surface area (Å²) in [6, 6.07) is 14.1. The van der Waals surface area contributed by atoms with E-state index in [0.717, 1.165) is 0 Å². The van der Waals surface area contributed by atoms with Gasteiger partial charge in [0.1, 0.15) is 0 Å². The van der Waals surface area contributed by atoms with Crippen LogP contribution in [0.3, 0.4) is 0 Å². The third kappa shape index (κ3) is 3.32. The highest BCUT2D eigenvalue weighted by atomic mass is 16.6. The van der Waals surface area contributed by atoms with E-state index in [1.807, 2.05) is 6.07 Å². The van der Waals surface area contributed by atoms with Crippen LogP contribution in [-0.4, -0.2) is 15.1 Å². The van der Waals surface area contributed by atoms with Gasteiger partial charge in [0.2, 0.25) is 0 Å². The van der Waals surface area contributed by atoms with Gasteiger partial charge in [-0.2, -0.15) is 10.4 Å². The summed E-state index contributed by atoms with van der Waals surface area (Å²) >= 11 is 0. The van der Waals surface area contributed by atoms with Crippen LogP contribution in [0.5, 0.6) is 0 Å². The van der Waals surface area contributed by atoms with Crippen molar-refractivity contribution in [1.29, 1.82) is 5.26 Å². The number of benzene rings is 2. The Morgan fingerprint density at radius 3 is 2.52 bits per heavy atom. The van der Waals surface area contributed by atoms with Crippen molar-refractivity contribution in [3.8, 4) is 17.3 Å². The predicted octanol–water partition coefficient (Wildman–Crippen LogP) is 3.57. The molecule has 122 valence electrons. The molecule has 0 radical (unpaired) electrons. The molecule has 3 rings (SSSR count). The molecule has 0 unspecified atom stereocenters. The van der Waals surface area contributed by atoms with Crippen LogP contribution in [0.15, 0.2) is 63.6 Å². The third-order valence-corrected chi connectivity index (χ3v) is 3.36. The lowest BCUT2D eigenvalue weighted by molar-refractivity contribution is -0.384. The van der Waals surface area contributed by atoms with Gasteiger partial charge in [-0.3, -0.25) is 25.1 Å². The van der Waals surface area contributed by atoms with Crippen LogP contribution in [0, 0.1) is 21.4 Å². The first-order valence-electron chi connectivity index (χ1n) is 7.06. The largest absolute Gasteiger partial charge is 0.295 e. The molecule has 0 aliphatic rings. The van der Waals surface area contributed by atoms with Crippen LogP contribution in [0.2, 0.25) is 0 Å². The second kappa shape index (κ2) is 6.59. The Labute approximate surface area is 140 Å². The van der Waals surface area contributed by atoms with E-state index >= 15 is 0 Å². The normalized spacial score (nSPS) is 10.7. The van der Waals surface area contributed by atoms with E-state index in [4.69, 9.17) is 5.26 Å². The number of rotatable bonds is 4. The van der Waals surface area contributed by atoms with E-state index in [1.54, 1.807) is 18.2 Å². The summed E-state index contributed by atoms with van der Waals surface area (Å²) in [5.74, 6) is 0. The minimum absolute atomic E-state index is 0.0382. The Hall–Kier alpha value is -4.06. The minimum Gasteiger partial charge on any atom is -0.295 e. The van der Waals surface area contributed by atoms with E-state index in [-0.39, 0.29) is 11.4 Å². The van der Waals surface area contributed by atoms with Crippen molar-refractivity contribution in [3.05, 3.63) is 74.6 Å². The fourth-order valence-electron chi connectivity index (χ4n) is 2.15. The number of nitrogens with one attached hydrogen (secondary N) is 2. The first-order chi connectivity index (χ1) is 12.1. The van der Waals surface area contributed by atoms with Crippen LogP contribution < -0.4 is 5.56 Å². The number of H-pyrrole nitrogens is 2. The van der Waals surface area contributed by atoms with E-state index in [9.17, 15) is 14.9 Å². The molecular formula is C16H10N6O3. The van der Waals surface area contributed by atoms with Crippen molar-refractivity contribution in [2.45, 2.75) is 0 Å². The number of azo groups is 1. The molecule has 1 heterocycles. The summed E-state index contributed by atoms with van der Waals surface area (Å²) in [6.45, 7) is 0. The minimum atomic E-state index is -0.507. The average molecular weight is 334 g/mol. The van der Waals surface area contributed by atoms with Crippen molar-refractivity contribution in [3.63, 3.8) is 0 Å². The molecule has 2 N–H and O–H groups in total. The quantitative estimate of drug-likeness (QED) is 0.427. The van der Waals surface area contributed by atoms with Gasteiger partial charge >= 0.3 is 0 Å². The number of nitriles is 1. The van der Waals surface area contributed by atoms with Gasteiger partial charge in [0.15, 0.2) is 5.69 Å². The molecule has 9 heteroatoms. The number of nitrogens with zero attached hydrogens (tertiary/aromatic N) is 4. The molecule has 0 amide bonds. The maximum atomic E-state index is 11.9. The van der Waals surface area contributed by atoms with Crippen molar-refractivity contribution < 1.29 is 4.92 Å². The number of aromatic nitrogens is 2. The topological polar surface area (TPSA) is 140 Å². The number of nitro groups is 1. The highest BCUT2D eigenvalue weighted by Crippen LogP contribution is 2.28. The fourth-order valence-corrected chi connectivity index (χ4v) is 2.15. The van der Waals surface area contributed by atoms with Gasteiger partial charge in [-0.05, 0) is 30.3 Å². The Morgan fingerprint density at radius 2 is 1.84 bits per heavy atom. The lowest BCUT2D eigenvalue weighted by Gasteiger charge is -1.99. The van der Waals surface area contributed by atoms with Crippen LogP contribution in [0.1, 0.15) is 5.56 Å². The van der Waals surface area contributed by atoms with Crippen molar-refractivity contribution >= 4 is 17.1 Å². The summed E-state index contributed by atoms with van der Waals surface area (Å²) in [5.41, 5.74) is 1.26. The molecular weight excluding hydrogens is 324 g/mol. The van der Waals surface area contributed by atoms with E-state index in [2.05, 4.69) is 20.4 Å². The third-order valence-electron chi connectivity index (χ3n) is 3.36. The molecule has 2 aromatic carbocycles. The monoisotopic (exact) mass is 334 g/mol. The molecule has 25 heavy (non-hydrogen) atoms. The molecule has 3 aromatic rings. The smallest absolute Gasteiger partial charge is 0.292 e. The molecule has 0 aliphatic heterocycles. The van der Waals surface area contributed by atoms with Gasteiger partial charge in [0.25, 0.3) is 11.2 Å². The van der Waals surface area contributed by atoms with Crippen molar-refractivity contribution in [2.75, 3.05) is 0 Å². The van der Waals surface area contributed by atoms with Crippen molar-refractivity contribution in [1.82, 2.24) is 10.2 Å². The Bertz CT molecular complexity index is 1060. The van der Waals surface area contributed by atoms with Crippen LogP contribution in [-0.2, 0) is 0 Å². The van der Waals surface area contributed by atoms with Crippen molar-refractivity contribution in [2.24, 2.45) is 10.2 Å². The number of hydrogen-bond donors (Lipinski definition) is 2. The molecule has 0 bridgehead atoms. The Balaban J connectivity index is 1.97. The molecule has 0 saturated carbocycles. The fraction of sp³-hybridized carbons (Fsp3) is 0. The number of aromatic amines is 2. The maximum absolute atomic E-state index is 11.9. The predicted molar refractivity (Wildman–Crippen MR) is 88.8 cm³/mol. The maximum Gasteiger partial charge on any atom is 0.292 e. The second-order valence-electron chi connectivity index (χ2n) is 4.97. The molecule has 1 aromatic heterocycles. The van der Waals surface area contributed by atoms with Gasteiger partial charge in [-0.25, -0.2) is 0 Å². The number of hydrogen-bond acceptors (Lipinski definition) is 6. The molecule has 0 spiro atoms. The molecule has 0 saturated heterocycles. The summed E-state index contributed by atoms with van der Waals surface area (Å²) in [5, 5.41) is 32.6. The zero-order valence-corrected chi connectivity index (χ0v) is 12.6. The summed E-state index contributed by atoms with van der Waals surface area (Å²) < 4.78 is 0. The molecule has 0 aliphatic carbocycles. The first-order valence-corrected chi connectivity index (χ1v) is 7.06. The van der Waals surface area contributed by atoms with Crippen LogP contribution >= 0.6 is 0 Å². The van der Waals surface area contributed by atoms with E-state index in [0.29, 0.717) is 22.5 Å². The lowest BCUT2D eigenvalue weighted by atomic mass is 10.1. The van der Waals surface area contributed by atoms with E-state index in [1.165, 1.54) is 30.3 Å². The van der Waals surface area contributed by atoms with Gasteiger partial charge in [0, 0.05) is 17.7 Å². The molecule has 9 nitrogen and oxygen atoms in total. The lowest BCUT2D eigenvalue weighted by Crippen LogP contribution is -1.96. The van der Waals surface area contributed by atoms with Crippen LogP contribution in [0.25, 0.3) is 11.3 Å². The molecule has 0 fully saturated rings. The zero-order chi connectivity index (χ0) is 17.8. The second-order valence-corrected chi connectivity index (χ2v) is 4.97. The highest BCUT2D eigenvalue weighted by molar-refractivity contribution is 5.71. The van der Waals surface area contributed by atoms with Gasteiger partial charge < -0.3 is 0 Å². The summed E-state index contributed by atoms with van der Waals surface area (Å²) in [6.07, 6.45) is 0. The number of nitro benzene ring substituents is 1. The zero-order valence-electron chi connectivity index (χ0n) is 12.6. The Morgan fingerprint density at radius 1 is 1.08 bits per heavy atom. The Kier molecular flexibility index (Phi) is 4.17. The van der Waals surface area contributed by atoms with Gasteiger partial charge in [0.05, 0.1) is 27.9 Å². The first kappa shape index (κ1) is 15.8.